The molecule has 7 nitrogen and oxygen atoms in total. The molecule has 0 saturated carbocycles. The number of anilines is 4. The molecular weight excluding hydrogens is 330 g/mol. The summed E-state index contributed by atoms with van der Waals surface area (Å²) in [6.45, 7) is 2.12. The van der Waals surface area contributed by atoms with Gasteiger partial charge in [0.05, 0.1) is 18.4 Å². The van der Waals surface area contributed by atoms with Crippen molar-refractivity contribution in [3.63, 3.8) is 0 Å². The zero-order valence-electron chi connectivity index (χ0n) is 14.6. The molecule has 1 heterocycles. The molecule has 7 heteroatoms. The molecule has 2 aromatic carbocycles. The zero-order valence-corrected chi connectivity index (χ0v) is 14.6. The maximum absolute atomic E-state index is 11.7. The van der Waals surface area contributed by atoms with E-state index in [0.717, 1.165) is 11.4 Å². The molecule has 0 fully saturated rings. The molecule has 0 aliphatic rings. The van der Waals surface area contributed by atoms with Crippen molar-refractivity contribution in [1.82, 2.24) is 15.2 Å². The molecule has 26 heavy (non-hydrogen) atoms. The summed E-state index contributed by atoms with van der Waals surface area (Å²) in [5.74, 6) is 0.689. The predicted molar refractivity (Wildman–Crippen MR) is 100 cm³/mol. The standard InChI is InChI=1S/C19H19N5O2/c1-3-26-18(25)14-9-11-15(12-10-14)21-19-22-17(13-20-23-19)24(2)16-7-5-4-6-8-16/h4-13H,3H2,1-2H3,(H,21,22,23). The third-order valence-corrected chi connectivity index (χ3v) is 3.69. The maximum atomic E-state index is 11.7. The van der Waals surface area contributed by atoms with E-state index in [-0.39, 0.29) is 5.97 Å². The van der Waals surface area contributed by atoms with Crippen LogP contribution in [0.3, 0.4) is 0 Å². The Bertz CT molecular complexity index is 869. The van der Waals surface area contributed by atoms with Crippen molar-refractivity contribution in [2.75, 3.05) is 23.9 Å². The number of nitrogens with one attached hydrogen (secondary N) is 1. The lowest BCUT2D eigenvalue weighted by Crippen LogP contribution is -2.13. The summed E-state index contributed by atoms with van der Waals surface area (Å²) in [5.41, 5.74) is 2.24. The van der Waals surface area contributed by atoms with Crippen LogP contribution >= 0.6 is 0 Å². The first-order chi connectivity index (χ1) is 12.7. The number of ether oxygens (including phenoxy) is 1. The smallest absolute Gasteiger partial charge is 0.338 e. The van der Waals surface area contributed by atoms with Crippen molar-refractivity contribution in [2.45, 2.75) is 6.92 Å². The lowest BCUT2D eigenvalue weighted by molar-refractivity contribution is 0.0526. The van der Waals surface area contributed by atoms with Gasteiger partial charge in [0.2, 0.25) is 5.95 Å². The summed E-state index contributed by atoms with van der Waals surface area (Å²) in [7, 11) is 1.91. The number of carbonyl (C=O) groups excluding carboxylic acids is 1. The summed E-state index contributed by atoms with van der Waals surface area (Å²) in [4.78, 5) is 18.1. The van der Waals surface area contributed by atoms with E-state index in [1.807, 2.05) is 42.3 Å². The van der Waals surface area contributed by atoms with Gasteiger partial charge in [-0.3, -0.25) is 0 Å². The molecule has 0 aliphatic carbocycles. The van der Waals surface area contributed by atoms with Crippen molar-refractivity contribution >= 4 is 29.1 Å². The Kier molecular flexibility index (Phi) is 5.38. The van der Waals surface area contributed by atoms with Crippen molar-refractivity contribution in [3.05, 3.63) is 66.4 Å². The number of benzene rings is 2. The molecule has 0 radical (unpaired) electrons. The van der Waals surface area contributed by atoms with Crippen molar-refractivity contribution in [2.24, 2.45) is 0 Å². The maximum Gasteiger partial charge on any atom is 0.338 e. The fraction of sp³-hybridized carbons (Fsp3) is 0.158. The Morgan fingerprint density at radius 3 is 2.54 bits per heavy atom. The Morgan fingerprint density at radius 1 is 1.12 bits per heavy atom. The van der Waals surface area contributed by atoms with Crippen LogP contribution in [0.25, 0.3) is 0 Å². The molecule has 0 amide bonds. The Labute approximate surface area is 151 Å². The van der Waals surface area contributed by atoms with E-state index < -0.39 is 0 Å². The highest BCUT2D eigenvalue weighted by atomic mass is 16.5. The number of hydrogen-bond acceptors (Lipinski definition) is 7. The van der Waals surface area contributed by atoms with Gasteiger partial charge in [-0.15, -0.1) is 5.10 Å². The molecule has 0 aliphatic heterocycles. The van der Waals surface area contributed by atoms with E-state index in [0.29, 0.717) is 23.9 Å². The van der Waals surface area contributed by atoms with Crippen LogP contribution < -0.4 is 10.2 Å². The number of para-hydroxylation sites is 1. The topological polar surface area (TPSA) is 80.2 Å². The fourth-order valence-corrected chi connectivity index (χ4v) is 2.33. The SMILES string of the molecule is CCOC(=O)c1ccc(Nc2nncc(N(C)c3ccccc3)n2)cc1. The molecule has 3 aromatic rings. The van der Waals surface area contributed by atoms with Gasteiger partial charge in [-0.1, -0.05) is 18.2 Å². The summed E-state index contributed by atoms with van der Waals surface area (Å²) < 4.78 is 4.97. The monoisotopic (exact) mass is 349 g/mol. The number of carbonyl (C=O) groups is 1. The second-order valence-corrected chi connectivity index (χ2v) is 5.46. The average molecular weight is 349 g/mol. The van der Waals surface area contributed by atoms with E-state index in [1.165, 1.54) is 0 Å². The van der Waals surface area contributed by atoms with Crippen LogP contribution in [0.2, 0.25) is 0 Å². The number of nitrogens with zero attached hydrogens (tertiary/aromatic N) is 4. The molecular formula is C19H19N5O2. The van der Waals surface area contributed by atoms with E-state index in [9.17, 15) is 4.79 Å². The van der Waals surface area contributed by atoms with Gasteiger partial charge in [-0.2, -0.15) is 10.1 Å². The van der Waals surface area contributed by atoms with Gasteiger partial charge in [-0.05, 0) is 43.3 Å². The summed E-state index contributed by atoms with van der Waals surface area (Å²) in [6, 6.07) is 16.8. The number of esters is 1. The lowest BCUT2D eigenvalue weighted by Gasteiger charge is -2.18. The molecule has 0 spiro atoms. The second kappa shape index (κ2) is 8.06. The largest absolute Gasteiger partial charge is 0.462 e. The summed E-state index contributed by atoms with van der Waals surface area (Å²) in [6.07, 6.45) is 1.60. The highest BCUT2D eigenvalue weighted by Crippen LogP contribution is 2.22. The van der Waals surface area contributed by atoms with Gasteiger partial charge in [0.1, 0.15) is 0 Å². The first-order valence-corrected chi connectivity index (χ1v) is 8.20. The third kappa shape index (κ3) is 4.13. The molecule has 0 bridgehead atoms. The molecule has 1 aromatic heterocycles. The van der Waals surface area contributed by atoms with E-state index in [4.69, 9.17) is 4.74 Å². The summed E-state index contributed by atoms with van der Waals surface area (Å²) in [5, 5.41) is 11.1. The Balaban J connectivity index is 1.74. The predicted octanol–water partition coefficient (Wildman–Crippen LogP) is 3.56. The molecule has 132 valence electrons. The summed E-state index contributed by atoms with van der Waals surface area (Å²) >= 11 is 0. The third-order valence-electron chi connectivity index (χ3n) is 3.69. The number of aromatic nitrogens is 3. The Hall–Kier alpha value is -3.48. The van der Waals surface area contributed by atoms with Gasteiger partial charge < -0.3 is 15.0 Å². The van der Waals surface area contributed by atoms with Crippen LogP contribution in [0.5, 0.6) is 0 Å². The van der Waals surface area contributed by atoms with Crippen molar-refractivity contribution in [1.29, 1.82) is 0 Å². The van der Waals surface area contributed by atoms with Crippen molar-refractivity contribution in [3.8, 4) is 0 Å². The fourth-order valence-electron chi connectivity index (χ4n) is 2.33. The minimum Gasteiger partial charge on any atom is -0.462 e. The van der Waals surface area contributed by atoms with Crippen molar-refractivity contribution < 1.29 is 9.53 Å². The zero-order chi connectivity index (χ0) is 18.4. The molecule has 3 rings (SSSR count). The van der Waals surface area contributed by atoms with Crippen LogP contribution in [0.4, 0.5) is 23.1 Å². The first kappa shape index (κ1) is 17.3. The highest BCUT2D eigenvalue weighted by Gasteiger charge is 2.09. The van der Waals surface area contributed by atoms with Crippen LogP contribution in [-0.2, 0) is 4.74 Å². The lowest BCUT2D eigenvalue weighted by atomic mass is 10.2. The quantitative estimate of drug-likeness (QED) is 0.682. The normalized spacial score (nSPS) is 10.2. The molecule has 1 N–H and O–H groups in total. The average Bonchev–Trinajstić information content (AvgIpc) is 2.69. The van der Waals surface area contributed by atoms with Gasteiger partial charge >= 0.3 is 5.97 Å². The van der Waals surface area contributed by atoms with Gasteiger partial charge in [0.25, 0.3) is 0 Å². The minimum absolute atomic E-state index is 0.344. The Morgan fingerprint density at radius 2 is 1.85 bits per heavy atom. The van der Waals surface area contributed by atoms with Gasteiger partial charge in [0, 0.05) is 18.4 Å². The van der Waals surface area contributed by atoms with Gasteiger partial charge in [0.15, 0.2) is 5.82 Å². The highest BCUT2D eigenvalue weighted by molar-refractivity contribution is 5.89. The van der Waals surface area contributed by atoms with E-state index in [1.54, 1.807) is 37.4 Å². The number of rotatable bonds is 6. The second-order valence-electron chi connectivity index (χ2n) is 5.46. The van der Waals surface area contributed by atoms with Gasteiger partial charge in [-0.25, -0.2) is 4.79 Å². The molecule has 0 atom stereocenters. The molecule has 0 unspecified atom stereocenters. The minimum atomic E-state index is -0.344. The van der Waals surface area contributed by atoms with Crippen LogP contribution in [0, 0.1) is 0 Å². The van der Waals surface area contributed by atoms with Crippen LogP contribution in [0.15, 0.2) is 60.8 Å². The van der Waals surface area contributed by atoms with Crippen LogP contribution in [-0.4, -0.2) is 34.8 Å². The van der Waals surface area contributed by atoms with E-state index >= 15 is 0 Å². The molecule has 0 saturated heterocycles. The van der Waals surface area contributed by atoms with E-state index in [2.05, 4.69) is 20.5 Å². The van der Waals surface area contributed by atoms with Crippen LogP contribution in [0.1, 0.15) is 17.3 Å². The number of hydrogen-bond donors (Lipinski definition) is 1. The first-order valence-electron chi connectivity index (χ1n) is 8.20.